The number of amidine groups is 1. The lowest BCUT2D eigenvalue weighted by atomic mass is 10.0. The van der Waals surface area contributed by atoms with E-state index in [4.69, 9.17) is 0 Å². The third-order valence-electron chi connectivity index (χ3n) is 4.21. The molecule has 0 bridgehead atoms. The van der Waals surface area contributed by atoms with Gasteiger partial charge in [0.05, 0.1) is 4.90 Å². The molecule has 1 heterocycles. The van der Waals surface area contributed by atoms with Gasteiger partial charge < -0.3 is 5.32 Å². The van der Waals surface area contributed by atoms with E-state index in [-0.39, 0.29) is 22.6 Å². The molecule has 0 saturated heterocycles. The zero-order valence-corrected chi connectivity index (χ0v) is 15.7. The van der Waals surface area contributed by atoms with E-state index in [1.165, 1.54) is 6.07 Å². The zero-order chi connectivity index (χ0) is 18.9. The average Bonchev–Trinajstić information content (AvgIpc) is 2.86. The Kier molecular flexibility index (Phi) is 4.82. The minimum Gasteiger partial charge on any atom is -0.324 e. The molecule has 0 fully saturated rings. The molecule has 1 aliphatic rings. The lowest BCUT2D eigenvalue weighted by Crippen LogP contribution is -2.29. The fourth-order valence-corrected chi connectivity index (χ4v) is 4.07. The van der Waals surface area contributed by atoms with Crippen LogP contribution in [0.15, 0.2) is 58.4 Å². The summed E-state index contributed by atoms with van der Waals surface area (Å²) in [5.41, 5.74) is 2.26. The summed E-state index contributed by atoms with van der Waals surface area (Å²) in [6.45, 7) is 5.74. The summed E-state index contributed by atoms with van der Waals surface area (Å²) in [7, 11) is -3.62. The summed E-state index contributed by atoms with van der Waals surface area (Å²) in [5.74, 6) is 0.163. The van der Waals surface area contributed by atoms with E-state index in [1.54, 1.807) is 25.1 Å². The number of nitrogens with one attached hydrogen (secondary N) is 2. The largest absolute Gasteiger partial charge is 0.324 e. The highest BCUT2D eigenvalue weighted by molar-refractivity contribution is 7.90. The number of fused-ring (bicyclic) bond motifs is 1. The Hall–Kier alpha value is -2.67. The van der Waals surface area contributed by atoms with Crippen LogP contribution in [0.5, 0.6) is 0 Å². The van der Waals surface area contributed by atoms with Gasteiger partial charge in [-0.25, -0.2) is 8.42 Å². The molecule has 0 aliphatic carbocycles. The first-order valence-electron chi connectivity index (χ1n) is 8.39. The van der Waals surface area contributed by atoms with Crippen LogP contribution in [0.25, 0.3) is 0 Å². The molecule has 1 atom stereocenters. The van der Waals surface area contributed by atoms with Crippen LogP contribution >= 0.6 is 0 Å². The van der Waals surface area contributed by atoms with Crippen molar-refractivity contribution in [2.45, 2.75) is 37.6 Å². The molecule has 1 amide bonds. The monoisotopic (exact) mass is 371 g/mol. The third-order valence-corrected chi connectivity index (χ3v) is 5.60. The van der Waals surface area contributed by atoms with E-state index >= 15 is 0 Å². The van der Waals surface area contributed by atoms with Gasteiger partial charge in [-0.05, 0) is 36.6 Å². The summed E-state index contributed by atoms with van der Waals surface area (Å²) in [6.07, 6.45) is 0. The number of amides is 1. The lowest BCUT2D eigenvalue weighted by Gasteiger charge is -2.15. The van der Waals surface area contributed by atoms with E-state index in [9.17, 15) is 13.2 Å². The van der Waals surface area contributed by atoms with Crippen LogP contribution < -0.4 is 10.0 Å². The van der Waals surface area contributed by atoms with Crippen molar-refractivity contribution >= 4 is 27.5 Å². The van der Waals surface area contributed by atoms with Gasteiger partial charge in [0.25, 0.3) is 10.0 Å². The Bertz CT molecular complexity index is 981. The summed E-state index contributed by atoms with van der Waals surface area (Å²) in [5, 5.41) is 2.89. The Labute approximate surface area is 153 Å². The van der Waals surface area contributed by atoms with Crippen molar-refractivity contribution < 1.29 is 13.2 Å². The molecule has 3 rings (SSSR count). The molecule has 0 aromatic heterocycles. The number of benzene rings is 2. The second-order valence-electron chi connectivity index (χ2n) is 6.49. The maximum atomic E-state index is 12.6. The highest BCUT2D eigenvalue weighted by Crippen LogP contribution is 2.25. The second-order valence-corrected chi connectivity index (χ2v) is 8.14. The Morgan fingerprint density at radius 1 is 1.04 bits per heavy atom. The minimum absolute atomic E-state index is 0.177. The molecule has 2 aromatic carbocycles. The van der Waals surface area contributed by atoms with Crippen molar-refractivity contribution in [3.05, 3.63) is 59.7 Å². The molecule has 26 heavy (non-hydrogen) atoms. The molecule has 2 N–H and O–H groups in total. The standard InChI is InChI=1S/C19H21N3O3S/c1-12(2)14-8-4-6-10-16(14)21-19(23)13(3)20-18-15-9-5-7-11-17(15)26(24,25)22-18/h4-13H,1-3H3,(H,20,22)(H,21,23). The number of carbonyl (C=O) groups excluding carboxylic acids is 1. The molecule has 6 nitrogen and oxygen atoms in total. The zero-order valence-electron chi connectivity index (χ0n) is 14.9. The molecular weight excluding hydrogens is 350 g/mol. The van der Waals surface area contributed by atoms with Gasteiger partial charge in [0.1, 0.15) is 11.9 Å². The number of sulfonamides is 1. The van der Waals surface area contributed by atoms with Gasteiger partial charge in [-0.1, -0.05) is 44.2 Å². The van der Waals surface area contributed by atoms with E-state index in [1.807, 2.05) is 24.3 Å². The highest BCUT2D eigenvalue weighted by Gasteiger charge is 2.31. The number of para-hydroxylation sites is 1. The summed E-state index contributed by atoms with van der Waals surface area (Å²) >= 11 is 0. The third kappa shape index (κ3) is 3.48. The van der Waals surface area contributed by atoms with E-state index in [0.717, 1.165) is 11.3 Å². The SMILES string of the molecule is CC(N=C1NS(=O)(=O)c2ccccc21)C(=O)Nc1ccccc1C(C)C. The molecular formula is C19H21N3O3S. The number of rotatable bonds is 4. The van der Waals surface area contributed by atoms with Crippen LogP contribution in [0.2, 0.25) is 0 Å². The first-order chi connectivity index (χ1) is 12.3. The van der Waals surface area contributed by atoms with Crippen molar-refractivity contribution in [1.29, 1.82) is 0 Å². The summed E-state index contributed by atoms with van der Waals surface area (Å²) in [4.78, 5) is 17.0. The number of nitrogens with zero attached hydrogens (tertiary/aromatic N) is 1. The predicted octanol–water partition coefficient (Wildman–Crippen LogP) is 2.88. The smallest absolute Gasteiger partial charge is 0.263 e. The number of carbonyl (C=O) groups is 1. The average molecular weight is 371 g/mol. The van der Waals surface area contributed by atoms with Gasteiger partial charge in [0, 0.05) is 11.3 Å². The molecule has 0 saturated carbocycles. The maximum Gasteiger partial charge on any atom is 0.263 e. The molecule has 2 aromatic rings. The van der Waals surface area contributed by atoms with Crippen molar-refractivity contribution in [2.75, 3.05) is 5.32 Å². The van der Waals surface area contributed by atoms with Gasteiger partial charge in [-0.2, -0.15) is 0 Å². The van der Waals surface area contributed by atoms with E-state index < -0.39 is 16.1 Å². The topological polar surface area (TPSA) is 87.6 Å². The lowest BCUT2D eigenvalue weighted by molar-refractivity contribution is -0.117. The molecule has 0 radical (unpaired) electrons. The highest BCUT2D eigenvalue weighted by atomic mass is 32.2. The van der Waals surface area contributed by atoms with Gasteiger partial charge in [-0.3, -0.25) is 14.5 Å². The van der Waals surface area contributed by atoms with Crippen molar-refractivity contribution in [1.82, 2.24) is 4.72 Å². The Morgan fingerprint density at radius 3 is 2.42 bits per heavy atom. The Balaban J connectivity index is 1.84. The first kappa shape index (κ1) is 18.1. The fraction of sp³-hybridized carbons (Fsp3) is 0.263. The number of anilines is 1. The van der Waals surface area contributed by atoms with Crippen LogP contribution in [0.4, 0.5) is 5.69 Å². The van der Waals surface area contributed by atoms with Crippen molar-refractivity contribution in [3.63, 3.8) is 0 Å². The number of hydrogen-bond acceptors (Lipinski definition) is 4. The Morgan fingerprint density at radius 2 is 1.69 bits per heavy atom. The van der Waals surface area contributed by atoms with Crippen molar-refractivity contribution in [2.24, 2.45) is 4.99 Å². The summed E-state index contributed by atoms with van der Waals surface area (Å²) in [6, 6.07) is 13.4. The normalized spacial score (nSPS) is 17.6. The molecule has 136 valence electrons. The van der Waals surface area contributed by atoms with Gasteiger partial charge in [0.2, 0.25) is 5.91 Å². The van der Waals surface area contributed by atoms with Crippen LogP contribution in [0.3, 0.4) is 0 Å². The summed E-state index contributed by atoms with van der Waals surface area (Å²) < 4.78 is 26.7. The van der Waals surface area contributed by atoms with Crippen LogP contribution in [0.1, 0.15) is 37.8 Å². The van der Waals surface area contributed by atoms with Crippen LogP contribution in [-0.4, -0.2) is 26.2 Å². The fourth-order valence-electron chi connectivity index (χ4n) is 2.83. The minimum atomic E-state index is -3.62. The second kappa shape index (κ2) is 6.92. The van der Waals surface area contributed by atoms with Gasteiger partial charge >= 0.3 is 0 Å². The number of aliphatic imine (C=N–C) groups is 1. The molecule has 0 spiro atoms. The quantitative estimate of drug-likeness (QED) is 0.866. The van der Waals surface area contributed by atoms with Crippen molar-refractivity contribution in [3.8, 4) is 0 Å². The first-order valence-corrected chi connectivity index (χ1v) is 9.87. The molecule has 7 heteroatoms. The van der Waals surface area contributed by atoms with E-state index in [0.29, 0.717) is 5.56 Å². The van der Waals surface area contributed by atoms with Crippen LogP contribution in [0, 0.1) is 0 Å². The predicted molar refractivity (Wildman–Crippen MR) is 102 cm³/mol. The van der Waals surface area contributed by atoms with Gasteiger partial charge in [-0.15, -0.1) is 0 Å². The maximum absolute atomic E-state index is 12.6. The van der Waals surface area contributed by atoms with Gasteiger partial charge in [0.15, 0.2) is 0 Å². The number of hydrogen-bond donors (Lipinski definition) is 2. The molecule has 1 aliphatic heterocycles. The van der Waals surface area contributed by atoms with Crippen LogP contribution in [-0.2, 0) is 14.8 Å². The van der Waals surface area contributed by atoms with E-state index in [2.05, 4.69) is 28.9 Å². The molecule has 1 unspecified atom stereocenters.